The molecule has 0 spiro atoms. The first-order valence-electron chi connectivity index (χ1n) is 3.10. The molecule has 0 aliphatic heterocycles. The van der Waals surface area contributed by atoms with Crippen LogP contribution in [0.25, 0.3) is 0 Å². The number of nitrogens with two attached hydrogens (primary N) is 1. The number of hydrogen-bond donors (Lipinski definition) is 2. The van der Waals surface area contributed by atoms with Crippen molar-refractivity contribution in [3.8, 4) is 5.75 Å². The van der Waals surface area contributed by atoms with E-state index in [1.165, 1.54) is 18.2 Å². The van der Waals surface area contributed by atoms with Crippen LogP contribution in [0.4, 0.5) is 5.69 Å². The highest BCUT2D eigenvalue weighted by atomic mass is 35.5. The van der Waals surface area contributed by atoms with Gasteiger partial charge in [0, 0.05) is 5.02 Å². The maximum atomic E-state index is 10.3. The van der Waals surface area contributed by atoms with Crippen LogP contribution in [0.3, 0.4) is 0 Å². The van der Waals surface area contributed by atoms with Crippen molar-refractivity contribution in [3.05, 3.63) is 23.2 Å². The largest absolute Gasteiger partial charge is 0.446 e. The van der Waals surface area contributed by atoms with Gasteiger partial charge in [-0.05, 0) is 18.2 Å². The molecule has 0 saturated carbocycles. The van der Waals surface area contributed by atoms with E-state index in [1.54, 1.807) is 0 Å². The number of nitrogen functional groups attached to an aromatic ring is 1. The maximum absolute atomic E-state index is 10.3. The van der Waals surface area contributed by atoms with Crippen molar-refractivity contribution >= 4 is 27.7 Å². The zero-order valence-corrected chi connectivity index (χ0v) is 7.84. The standard InChI is InChI=1S/C6H6ClNO4S/c7-4-1-2-6(5(8)3-4)12-13(9,10)11/h1-3H,8H2,(H,9,10,11). The van der Waals surface area contributed by atoms with Crippen molar-refractivity contribution in [2.24, 2.45) is 0 Å². The molecule has 3 N–H and O–H groups in total. The molecule has 0 aromatic heterocycles. The van der Waals surface area contributed by atoms with E-state index in [4.69, 9.17) is 21.9 Å². The van der Waals surface area contributed by atoms with E-state index >= 15 is 0 Å². The first-order valence-corrected chi connectivity index (χ1v) is 4.85. The van der Waals surface area contributed by atoms with Gasteiger partial charge in [0.15, 0.2) is 5.75 Å². The maximum Gasteiger partial charge on any atom is 0.446 e. The number of halogens is 1. The van der Waals surface area contributed by atoms with Crippen LogP contribution in [-0.4, -0.2) is 13.0 Å². The Morgan fingerprint density at radius 1 is 1.46 bits per heavy atom. The Bertz CT molecular complexity index is 417. The van der Waals surface area contributed by atoms with Crippen LogP contribution >= 0.6 is 11.6 Å². The average Bonchev–Trinajstić information content (AvgIpc) is 1.93. The van der Waals surface area contributed by atoms with Crippen molar-refractivity contribution in [3.63, 3.8) is 0 Å². The Morgan fingerprint density at radius 2 is 2.08 bits per heavy atom. The molecule has 1 aromatic carbocycles. The van der Waals surface area contributed by atoms with Crippen molar-refractivity contribution in [1.29, 1.82) is 0 Å². The van der Waals surface area contributed by atoms with Gasteiger partial charge in [-0.1, -0.05) is 11.6 Å². The third-order valence-corrected chi connectivity index (χ3v) is 1.79. The molecule has 0 aliphatic carbocycles. The Balaban J connectivity index is 3.04. The summed E-state index contributed by atoms with van der Waals surface area (Å²) in [5.74, 6) is -0.160. The lowest BCUT2D eigenvalue weighted by Gasteiger charge is -2.04. The molecule has 0 fully saturated rings. The van der Waals surface area contributed by atoms with E-state index in [0.717, 1.165) is 0 Å². The van der Waals surface area contributed by atoms with Gasteiger partial charge in [0.1, 0.15) is 0 Å². The third-order valence-electron chi connectivity index (χ3n) is 1.17. The van der Waals surface area contributed by atoms with Gasteiger partial charge in [0.25, 0.3) is 0 Å². The summed E-state index contributed by atoms with van der Waals surface area (Å²) in [5.41, 5.74) is 5.38. The van der Waals surface area contributed by atoms with Crippen LogP contribution in [-0.2, 0) is 10.4 Å². The van der Waals surface area contributed by atoms with E-state index < -0.39 is 10.4 Å². The third kappa shape index (κ3) is 3.10. The predicted octanol–water partition coefficient (Wildman–Crippen LogP) is 1.10. The zero-order chi connectivity index (χ0) is 10.1. The van der Waals surface area contributed by atoms with Gasteiger partial charge in [-0.2, -0.15) is 8.42 Å². The van der Waals surface area contributed by atoms with Gasteiger partial charge in [0.05, 0.1) is 5.69 Å². The summed E-state index contributed by atoms with van der Waals surface area (Å²) in [5, 5.41) is 0.347. The highest BCUT2D eigenvalue weighted by Crippen LogP contribution is 2.25. The summed E-state index contributed by atoms with van der Waals surface area (Å²) >= 11 is 5.54. The quantitative estimate of drug-likeness (QED) is 0.579. The average molecular weight is 224 g/mol. The van der Waals surface area contributed by atoms with E-state index in [2.05, 4.69) is 4.18 Å². The number of benzene rings is 1. The Morgan fingerprint density at radius 3 is 2.54 bits per heavy atom. The Labute approximate surface area is 80.0 Å². The van der Waals surface area contributed by atoms with Crippen molar-refractivity contribution in [2.45, 2.75) is 0 Å². The molecular formula is C6H6ClNO4S. The lowest BCUT2D eigenvalue weighted by Crippen LogP contribution is -2.08. The molecule has 1 aromatic rings. The first-order chi connectivity index (χ1) is 5.88. The van der Waals surface area contributed by atoms with Crippen LogP contribution in [0.15, 0.2) is 18.2 Å². The molecule has 0 unspecified atom stereocenters. The Hall–Kier alpha value is -0.980. The molecular weight excluding hydrogens is 218 g/mol. The summed E-state index contributed by atoms with van der Waals surface area (Å²) < 4.78 is 33.0. The fourth-order valence-corrected chi connectivity index (χ4v) is 1.27. The van der Waals surface area contributed by atoms with Crippen LogP contribution in [0.2, 0.25) is 5.02 Å². The van der Waals surface area contributed by atoms with Gasteiger partial charge in [-0.3, -0.25) is 4.55 Å². The molecule has 0 saturated heterocycles. The predicted molar refractivity (Wildman–Crippen MR) is 48.0 cm³/mol. The molecule has 1 rings (SSSR count). The summed E-state index contributed by atoms with van der Waals surface area (Å²) in [7, 11) is -4.54. The molecule has 0 radical (unpaired) electrons. The normalized spacial score (nSPS) is 11.2. The highest BCUT2D eigenvalue weighted by molar-refractivity contribution is 7.81. The molecule has 5 nitrogen and oxygen atoms in total. The summed E-state index contributed by atoms with van der Waals surface area (Å²) in [6.45, 7) is 0. The van der Waals surface area contributed by atoms with E-state index in [1.807, 2.05) is 0 Å². The summed E-state index contributed by atoms with van der Waals surface area (Å²) in [6.07, 6.45) is 0. The van der Waals surface area contributed by atoms with Crippen molar-refractivity contribution in [2.75, 3.05) is 5.73 Å². The van der Waals surface area contributed by atoms with Gasteiger partial charge in [-0.25, -0.2) is 0 Å². The second-order valence-corrected chi connectivity index (χ2v) is 3.65. The first kappa shape index (κ1) is 10.1. The molecule has 0 amide bonds. The highest BCUT2D eigenvalue weighted by Gasteiger charge is 2.09. The van der Waals surface area contributed by atoms with Crippen molar-refractivity contribution in [1.82, 2.24) is 0 Å². The minimum absolute atomic E-state index is 0.0325. The lowest BCUT2D eigenvalue weighted by molar-refractivity contribution is 0.387. The second-order valence-electron chi connectivity index (χ2n) is 2.19. The fraction of sp³-hybridized carbons (Fsp3) is 0. The van der Waals surface area contributed by atoms with Crippen LogP contribution in [0, 0.1) is 0 Å². The molecule has 0 bridgehead atoms. The topological polar surface area (TPSA) is 89.6 Å². The Kier molecular flexibility index (Phi) is 2.65. The fourth-order valence-electron chi connectivity index (χ4n) is 0.709. The molecule has 13 heavy (non-hydrogen) atoms. The van der Waals surface area contributed by atoms with Crippen LogP contribution in [0.1, 0.15) is 0 Å². The summed E-state index contributed by atoms with van der Waals surface area (Å²) in [4.78, 5) is 0. The smallest absolute Gasteiger partial charge is 0.396 e. The van der Waals surface area contributed by atoms with Crippen LogP contribution < -0.4 is 9.92 Å². The van der Waals surface area contributed by atoms with E-state index in [9.17, 15) is 8.42 Å². The molecule has 7 heteroatoms. The van der Waals surface area contributed by atoms with Gasteiger partial charge >= 0.3 is 10.4 Å². The monoisotopic (exact) mass is 223 g/mol. The lowest BCUT2D eigenvalue weighted by atomic mass is 10.3. The minimum atomic E-state index is -4.54. The van der Waals surface area contributed by atoms with Gasteiger partial charge < -0.3 is 9.92 Å². The van der Waals surface area contributed by atoms with E-state index in [0.29, 0.717) is 5.02 Å². The van der Waals surface area contributed by atoms with Gasteiger partial charge in [0.2, 0.25) is 0 Å². The van der Waals surface area contributed by atoms with Gasteiger partial charge in [-0.15, -0.1) is 0 Å². The molecule has 72 valence electrons. The molecule has 0 atom stereocenters. The molecule has 0 aliphatic rings. The zero-order valence-electron chi connectivity index (χ0n) is 6.27. The number of anilines is 1. The molecule has 0 heterocycles. The number of hydrogen-bond acceptors (Lipinski definition) is 4. The van der Waals surface area contributed by atoms with Crippen molar-refractivity contribution < 1.29 is 17.2 Å². The SMILES string of the molecule is Nc1cc(Cl)ccc1OS(=O)(=O)O. The second kappa shape index (κ2) is 3.41. The van der Waals surface area contributed by atoms with Crippen LogP contribution in [0.5, 0.6) is 5.75 Å². The summed E-state index contributed by atoms with van der Waals surface area (Å²) in [6, 6.07) is 3.94. The van der Waals surface area contributed by atoms with E-state index in [-0.39, 0.29) is 11.4 Å². The minimum Gasteiger partial charge on any atom is -0.396 e. The number of rotatable bonds is 2.